The van der Waals surface area contributed by atoms with Gasteiger partial charge in [0.15, 0.2) is 0 Å². The number of ether oxygens (including phenoxy) is 1. The number of hydrogen-bond donors (Lipinski definition) is 2. The van der Waals surface area contributed by atoms with Gasteiger partial charge in [-0.3, -0.25) is 0 Å². The van der Waals surface area contributed by atoms with Gasteiger partial charge in [0.05, 0.1) is 19.8 Å². The molecule has 5 heteroatoms. The predicted octanol–water partition coefficient (Wildman–Crippen LogP) is 0.240. The standard InChI is InChI=1S/C8H15F2NO2/c1-7(5-13-6-7)2-11-3-8(9,10)4-12/h11-12H,2-6H2,1H3. The van der Waals surface area contributed by atoms with E-state index in [1.807, 2.05) is 6.92 Å². The Hall–Kier alpha value is -0.260. The molecule has 0 aliphatic carbocycles. The lowest BCUT2D eigenvalue weighted by Gasteiger charge is -2.38. The van der Waals surface area contributed by atoms with Crippen molar-refractivity contribution in [2.24, 2.45) is 5.41 Å². The van der Waals surface area contributed by atoms with Crippen LogP contribution in [0.2, 0.25) is 0 Å². The van der Waals surface area contributed by atoms with Crippen LogP contribution >= 0.6 is 0 Å². The van der Waals surface area contributed by atoms with E-state index in [9.17, 15) is 8.78 Å². The van der Waals surface area contributed by atoms with Crippen LogP contribution in [0.5, 0.6) is 0 Å². The van der Waals surface area contributed by atoms with Crippen molar-refractivity contribution in [3.8, 4) is 0 Å². The number of alkyl halides is 2. The maximum absolute atomic E-state index is 12.5. The lowest BCUT2D eigenvalue weighted by Crippen LogP contribution is -2.49. The summed E-state index contributed by atoms with van der Waals surface area (Å²) in [5, 5.41) is 10.9. The topological polar surface area (TPSA) is 41.5 Å². The van der Waals surface area contributed by atoms with E-state index in [0.29, 0.717) is 19.8 Å². The fourth-order valence-electron chi connectivity index (χ4n) is 1.16. The largest absolute Gasteiger partial charge is 0.390 e. The minimum absolute atomic E-state index is 0.00840. The van der Waals surface area contributed by atoms with Crippen LogP contribution in [-0.4, -0.2) is 43.9 Å². The minimum Gasteiger partial charge on any atom is -0.390 e. The molecule has 0 bridgehead atoms. The van der Waals surface area contributed by atoms with Crippen molar-refractivity contribution >= 4 is 0 Å². The van der Waals surface area contributed by atoms with Gasteiger partial charge in [-0.05, 0) is 0 Å². The maximum atomic E-state index is 12.5. The molecule has 1 aliphatic rings. The molecule has 0 radical (unpaired) electrons. The highest BCUT2D eigenvalue weighted by Crippen LogP contribution is 2.25. The van der Waals surface area contributed by atoms with Crippen molar-refractivity contribution in [3.05, 3.63) is 0 Å². The Kier molecular flexibility index (Phi) is 3.21. The molecule has 1 heterocycles. The van der Waals surface area contributed by atoms with Gasteiger partial charge in [-0.2, -0.15) is 0 Å². The molecule has 0 amide bonds. The summed E-state index contributed by atoms with van der Waals surface area (Å²) in [5.41, 5.74) is -0.00840. The summed E-state index contributed by atoms with van der Waals surface area (Å²) < 4.78 is 30.0. The van der Waals surface area contributed by atoms with Gasteiger partial charge in [0.1, 0.15) is 6.61 Å². The van der Waals surface area contributed by atoms with E-state index in [1.165, 1.54) is 0 Å². The van der Waals surface area contributed by atoms with Crippen molar-refractivity contribution in [1.82, 2.24) is 5.32 Å². The van der Waals surface area contributed by atoms with Crippen LogP contribution in [0.25, 0.3) is 0 Å². The summed E-state index contributed by atoms with van der Waals surface area (Å²) in [6.45, 7) is 2.13. The summed E-state index contributed by atoms with van der Waals surface area (Å²) in [7, 11) is 0. The fraction of sp³-hybridized carbons (Fsp3) is 1.00. The smallest absolute Gasteiger partial charge is 0.282 e. The quantitative estimate of drug-likeness (QED) is 0.660. The van der Waals surface area contributed by atoms with Crippen molar-refractivity contribution < 1.29 is 18.6 Å². The van der Waals surface area contributed by atoms with E-state index in [2.05, 4.69) is 5.32 Å². The summed E-state index contributed by atoms with van der Waals surface area (Å²) in [6.07, 6.45) is 0. The third kappa shape index (κ3) is 3.17. The molecule has 13 heavy (non-hydrogen) atoms. The molecule has 2 N–H and O–H groups in total. The summed E-state index contributed by atoms with van der Waals surface area (Å²) >= 11 is 0. The third-order valence-electron chi connectivity index (χ3n) is 2.07. The average Bonchev–Trinajstić information content (AvgIpc) is 2.01. The Labute approximate surface area is 76.1 Å². The van der Waals surface area contributed by atoms with E-state index < -0.39 is 19.1 Å². The number of rotatable bonds is 5. The molecule has 0 saturated carbocycles. The van der Waals surface area contributed by atoms with Crippen LogP contribution in [0.3, 0.4) is 0 Å². The molecule has 1 saturated heterocycles. The Morgan fingerprint density at radius 2 is 2.15 bits per heavy atom. The van der Waals surface area contributed by atoms with Gasteiger partial charge in [0, 0.05) is 12.0 Å². The van der Waals surface area contributed by atoms with Crippen molar-refractivity contribution in [3.63, 3.8) is 0 Å². The highest BCUT2D eigenvalue weighted by Gasteiger charge is 2.34. The molecule has 78 valence electrons. The molecule has 0 spiro atoms. The molecule has 0 atom stereocenters. The molecular weight excluding hydrogens is 180 g/mol. The van der Waals surface area contributed by atoms with Gasteiger partial charge in [-0.15, -0.1) is 0 Å². The van der Waals surface area contributed by atoms with Crippen molar-refractivity contribution in [1.29, 1.82) is 0 Å². The summed E-state index contributed by atoms with van der Waals surface area (Å²) in [4.78, 5) is 0. The lowest BCUT2D eigenvalue weighted by atomic mass is 9.89. The summed E-state index contributed by atoms with van der Waals surface area (Å²) in [5.74, 6) is -3.01. The zero-order valence-corrected chi connectivity index (χ0v) is 7.65. The van der Waals surface area contributed by atoms with E-state index in [0.717, 1.165) is 0 Å². The monoisotopic (exact) mass is 195 g/mol. The number of aliphatic hydroxyl groups excluding tert-OH is 1. The number of aliphatic hydroxyl groups is 1. The van der Waals surface area contributed by atoms with Gasteiger partial charge in [0.2, 0.25) is 0 Å². The molecule has 1 rings (SSSR count). The zero-order valence-electron chi connectivity index (χ0n) is 7.65. The Morgan fingerprint density at radius 1 is 1.54 bits per heavy atom. The molecular formula is C8H15F2NO2. The minimum atomic E-state index is -3.01. The van der Waals surface area contributed by atoms with Crippen LogP contribution in [0.15, 0.2) is 0 Å². The van der Waals surface area contributed by atoms with Crippen LogP contribution in [-0.2, 0) is 4.74 Å². The zero-order chi connectivity index (χ0) is 9.95. The second-order valence-corrected chi connectivity index (χ2v) is 3.92. The first-order valence-corrected chi connectivity index (χ1v) is 4.25. The Bertz CT molecular complexity index is 160. The molecule has 0 unspecified atom stereocenters. The van der Waals surface area contributed by atoms with Gasteiger partial charge >= 0.3 is 0 Å². The fourth-order valence-corrected chi connectivity index (χ4v) is 1.16. The first kappa shape index (κ1) is 10.8. The second kappa shape index (κ2) is 3.86. The first-order chi connectivity index (χ1) is 5.97. The van der Waals surface area contributed by atoms with E-state index >= 15 is 0 Å². The maximum Gasteiger partial charge on any atom is 0.282 e. The third-order valence-corrected chi connectivity index (χ3v) is 2.07. The number of nitrogens with one attached hydrogen (secondary N) is 1. The van der Waals surface area contributed by atoms with Gasteiger partial charge in [-0.25, -0.2) is 8.78 Å². The van der Waals surface area contributed by atoms with E-state index in [4.69, 9.17) is 9.84 Å². The van der Waals surface area contributed by atoms with Gasteiger partial charge in [0.25, 0.3) is 5.92 Å². The molecule has 1 aliphatic heterocycles. The van der Waals surface area contributed by atoms with Gasteiger partial charge in [-0.1, -0.05) is 6.92 Å². The Morgan fingerprint density at radius 3 is 2.54 bits per heavy atom. The normalized spacial score (nSPS) is 21.2. The molecule has 1 fully saturated rings. The first-order valence-electron chi connectivity index (χ1n) is 4.25. The molecule has 3 nitrogen and oxygen atoms in total. The van der Waals surface area contributed by atoms with Crippen LogP contribution in [0.4, 0.5) is 8.78 Å². The SMILES string of the molecule is CC1(CNCC(F)(F)CO)COC1. The number of halogens is 2. The average molecular weight is 195 g/mol. The highest BCUT2D eigenvalue weighted by atomic mass is 19.3. The van der Waals surface area contributed by atoms with Crippen LogP contribution in [0, 0.1) is 5.41 Å². The summed E-state index contributed by atoms with van der Waals surface area (Å²) in [6, 6.07) is 0. The van der Waals surface area contributed by atoms with Crippen LogP contribution < -0.4 is 5.32 Å². The van der Waals surface area contributed by atoms with E-state index in [1.54, 1.807) is 0 Å². The molecule has 0 aromatic heterocycles. The highest BCUT2D eigenvalue weighted by molar-refractivity contribution is 4.83. The van der Waals surface area contributed by atoms with Crippen molar-refractivity contribution in [2.75, 3.05) is 32.9 Å². The Balaban J connectivity index is 2.13. The van der Waals surface area contributed by atoms with E-state index in [-0.39, 0.29) is 5.41 Å². The number of hydrogen-bond acceptors (Lipinski definition) is 3. The molecule has 0 aromatic carbocycles. The van der Waals surface area contributed by atoms with Gasteiger partial charge < -0.3 is 15.2 Å². The molecule has 0 aromatic rings. The van der Waals surface area contributed by atoms with Crippen molar-refractivity contribution in [2.45, 2.75) is 12.8 Å². The lowest BCUT2D eigenvalue weighted by molar-refractivity contribution is -0.104. The second-order valence-electron chi connectivity index (χ2n) is 3.92. The predicted molar refractivity (Wildman–Crippen MR) is 43.8 cm³/mol. The van der Waals surface area contributed by atoms with Crippen LogP contribution in [0.1, 0.15) is 6.92 Å².